The van der Waals surface area contributed by atoms with Crippen molar-refractivity contribution in [1.82, 2.24) is 10.2 Å². The molecule has 0 aromatic heterocycles. The summed E-state index contributed by atoms with van der Waals surface area (Å²) in [4.78, 5) is 2.31. The lowest BCUT2D eigenvalue weighted by Crippen LogP contribution is -2.63. The molecule has 1 rings (SSSR count). The van der Waals surface area contributed by atoms with Crippen molar-refractivity contribution in [2.75, 3.05) is 31.6 Å². The molecule has 4 nitrogen and oxygen atoms in total. The van der Waals surface area contributed by atoms with Crippen LogP contribution >= 0.6 is 0 Å². The van der Waals surface area contributed by atoms with Gasteiger partial charge in [0, 0.05) is 37.5 Å². The molecular weight excluding hydrogens is 224 g/mol. The average Bonchev–Trinajstić information content (AvgIpc) is 2.18. The van der Waals surface area contributed by atoms with Gasteiger partial charge in [0.25, 0.3) is 0 Å². The highest BCUT2D eigenvalue weighted by Gasteiger charge is 2.34. The van der Waals surface area contributed by atoms with Crippen molar-refractivity contribution in [3.8, 4) is 0 Å². The molecular formula is C11H24N2O2S. The topological polar surface area (TPSA) is 49.4 Å². The lowest BCUT2D eigenvalue weighted by Gasteiger charge is -2.47. The Labute approximate surface area is 99.3 Å². The molecule has 1 N–H and O–H groups in total. The van der Waals surface area contributed by atoms with Gasteiger partial charge in [-0.1, -0.05) is 6.92 Å². The molecule has 2 unspecified atom stereocenters. The van der Waals surface area contributed by atoms with Crippen LogP contribution in [0.25, 0.3) is 0 Å². The van der Waals surface area contributed by atoms with Crippen molar-refractivity contribution in [2.45, 2.75) is 38.8 Å². The van der Waals surface area contributed by atoms with E-state index in [1.54, 1.807) is 0 Å². The van der Waals surface area contributed by atoms with Gasteiger partial charge in [-0.05, 0) is 20.3 Å². The summed E-state index contributed by atoms with van der Waals surface area (Å²) < 4.78 is 22.4. The van der Waals surface area contributed by atoms with Crippen molar-refractivity contribution >= 4 is 9.84 Å². The maximum absolute atomic E-state index is 11.2. The fraction of sp³-hybridized carbons (Fsp3) is 1.00. The molecule has 0 aromatic rings. The summed E-state index contributed by atoms with van der Waals surface area (Å²) in [5.41, 5.74) is 0.0944. The average molecular weight is 248 g/mol. The van der Waals surface area contributed by atoms with Gasteiger partial charge < -0.3 is 5.32 Å². The first-order chi connectivity index (χ1) is 7.27. The second-order valence-electron chi connectivity index (χ2n) is 5.21. The van der Waals surface area contributed by atoms with E-state index in [2.05, 4.69) is 31.0 Å². The summed E-state index contributed by atoms with van der Waals surface area (Å²) in [6.07, 6.45) is 2.35. The van der Waals surface area contributed by atoms with E-state index in [0.717, 1.165) is 19.5 Å². The molecule has 5 heteroatoms. The number of nitrogens with zero attached hydrogens (tertiary/aromatic N) is 1. The number of sulfone groups is 1. The van der Waals surface area contributed by atoms with Gasteiger partial charge in [-0.15, -0.1) is 0 Å². The SMILES string of the molecule is CCC1(C)CNC(C)CN1CCS(C)(=O)=O. The van der Waals surface area contributed by atoms with E-state index < -0.39 is 9.84 Å². The molecule has 0 bridgehead atoms. The van der Waals surface area contributed by atoms with Crippen LogP contribution in [0, 0.1) is 0 Å². The van der Waals surface area contributed by atoms with Crippen LogP contribution in [0.3, 0.4) is 0 Å². The zero-order valence-electron chi connectivity index (χ0n) is 10.8. The molecule has 0 spiro atoms. The van der Waals surface area contributed by atoms with Gasteiger partial charge in [0.1, 0.15) is 9.84 Å². The minimum absolute atomic E-state index is 0.0944. The Balaban J connectivity index is 2.65. The van der Waals surface area contributed by atoms with Gasteiger partial charge in [0.2, 0.25) is 0 Å². The zero-order chi connectivity index (χ0) is 12.4. The highest BCUT2D eigenvalue weighted by atomic mass is 32.2. The van der Waals surface area contributed by atoms with E-state index in [9.17, 15) is 8.42 Å². The summed E-state index contributed by atoms with van der Waals surface area (Å²) in [5.74, 6) is 0.259. The standard InChI is InChI=1S/C11H24N2O2S/c1-5-11(3)9-12-10(2)8-13(11)6-7-16(4,14)15/h10,12H,5-9H2,1-4H3. The van der Waals surface area contributed by atoms with E-state index in [1.807, 2.05) is 0 Å². The van der Waals surface area contributed by atoms with Crippen LogP contribution < -0.4 is 5.32 Å². The smallest absolute Gasteiger partial charge is 0.148 e. The lowest BCUT2D eigenvalue weighted by molar-refractivity contribution is 0.0589. The lowest BCUT2D eigenvalue weighted by atomic mass is 9.92. The molecule has 1 aliphatic heterocycles. The summed E-state index contributed by atoms with van der Waals surface area (Å²) in [6.45, 7) is 9.02. The Bertz CT molecular complexity index is 329. The van der Waals surface area contributed by atoms with Gasteiger partial charge in [-0.3, -0.25) is 4.90 Å². The third kappa shape index (κ3) is 3.71. The fourth-order valence-electron chi connectivity index (χ4n) is 2.11. The highest BCUT2D eigenvalue weighted by molar-refractivity contribution is 7.90. The van der Waals surface area contributed by atoms with Crippen LogP contribution in [0.4, 0.5) is 0 Å². The molecule has 1 aliphatic rings. The predicted octanol–water partition coefficient (Wildman–Crippen LogP) is 0.493. The van der Waals surface area contributed by atoms with Crippen LogP contribution in [-0.2, 0) is 9.84 Å². The van der Waals surface area contributed by atoms with E-state index in [0.29, 0.717) is 12.6 Å². The first-order valence-corrected chi connectivity index (χ1v) is 7.99. The monoisotopic (exact) mass is 248 g/mol. The van der Waals surface area contributed by atoms with E-state index in [-0.39, 0.29) is 11.3 Å². The molecule has 0 radical (unpaired) electrons. The molecule has 2 atom stereocenters. The maximum Gasteiger partial charge on any atom is 0.148 e. The maximum atomic E-state index is 11.2. The molecule has 0 aliphatic carbocycles. The van der Waals surface area contributed by atoms with Gasteiger partial charge in [-0.2, -0.15) is 0 Å². The molecule has 0 saturated carbocycles. The van der Waals surface area contributed by atoms with E-state index >= 15 is 0 Å². The normalized spacial score (nSPS) is 32.9. The minimum atomic E-state index is -2.86. The molecule has 1 heterocycles. The Morgan fingerprint density at radius 2 is 2.12 bits per heavy atom. The van der Waals surface area contributed by atoms with Crippen LogP contribution in [0.5, 0.6) is 0 Å². The van der Waals surface area contributed by atoms with E-state index in [1.165, 1.54) is 6.26 Å². The van der Waals surface area contributed by atoms with Crippen LogP contribution in [0.15, 0.2) is 0 Å². The van der Waals surface area contributed by atoms with Gasteiger partial charge in [-0.25, -0.2) is 8.42 Å². The number of hydrogen-bond donors (Lipinski definition) is 1. The third-order valence-corrected chi connectivity index (χ3v) is 4.51. The van der Waals surface area contributed by atoms with Gasteiger partial charge >= 0.3 is 0 Å². The summed E-state index contributed by atoms with van der Waals surface area (Å²) >= 11 is 0. The number of piperazine rings is 1. The Hall–Kier alpha value is -0.130. The van der Waals surface area contributed by atoms with Crippen molar-refractivity contribution in [2.24, 2.45) is 0 Å². The molecule has 1 saturated heterocycles. The summed E-state index contributed by atoms with van der Waals surface area (Å²) in [7, 11) is -2.86. The number of hydrogen-bond acceptors (Lipinski definition) is 4. The quantitative estimate of drug-likeness (QED) is 0.787. The molecule has 16 heavy (non-hydrogen) atoms. The van der Waals surface area contributed by atoms with E-state index in [4.69, 9.17) is 0 Å². The van der Waals surface area contributed by atoms with Crippen molar-refractivity contribution in [3.05, 3.63) is 0 Å². The Kier molecular flexibility index (Phi) is 4.37. The van der Waals surface area contributed by atoms with Crippen molar-refractivity contribution in [1.29, 1.82) is 0 Å². The van der Waals surface area contributed by atoms with Crippen LogP contribution in [0.2, 0.25) is 0 Å². The number of nitrogens with one attached hydrogen (secondary N) is 1. The Morgan fingerprint density at radius 1 is 1.50 bits per heavy atom. The summed E-state index contributed by atoms with van der Waals surface area (Å²) in [5, 5.41) is 3.46. The van der Waals surface area contributed by atoms with Crippen molar-refractivity contribution in [3.63, 3.8) is 0 Å². The Morgan fingerprint density at radius 3 is 2.62 bits per heavy atom. The second kappa shape index (κ2) is 5.02. The minimum Gasteiger partial charge on any atom is -0.311 e. The van der Waals surface area contributed by atoms with Gasteiger partial charge in [0.15, 0.2) is 0 Å². The molecule has 96 valence electrons. The largest absolute Gasteiger partial charge is 0.311 e. The van der Waals surface area contributed by atoms with Gasteiger partial charge in [0.05, 0.1) is 5.75 Å². The first kappa shape index (κ1) is 13.9. The van der Waals surface area contributed by atoms with Crippen molar-refractivity contribution < 1.29 is 8.42 Å². The molecule has 0 aromatic carbocycles. The zero-order valence-corrected chi connectivity index (χ0v) is 11.6. The first-order valence-electron chi connectivity index (χ1n) is 5.93. The van der Waals surface area contributed by atoms with Crippen LogP contribution in [0.1, 0.15) is 27.2 Å². The molecule has 1 fully saturated rings. The summed E-state index contributed by atoms with van der Waals surface area (Å²) in [6, 6.07) is 0.444. The van der Waals surface area contributed by atoms with Crippen LogP contribution in [-0.4, -0.2) is 56.5 Å². The predicted molar refractivity (Wildman–Crippen MR) is 67.4 cm³/mol. The number of rotatable bonds is 4. The fourth-order valence-corrected chi connectivity index (χ4v) is 2.66. The molecule has 0 amide bonds. The third-order valence-electron chi connectivity index (χ3n) is 3.58. The highest BCUT2D eigenvalue weighted by Crippen LogP contribution is 2.22. The second-order valence-corrected chi connectivity index (χ2v) is 7.47.